The van der Waals surface area contributed by atoms with E-state index in [2.05, 4.69) is 50.6 Å². The Labute approximate surface area is 144 Å². The molecule has 2 N–H and O–H groups in total. The van der Waals surface area contributed by atoms with Crippen molar-refractivity contribution in [1.29, 1.82) is 0 Å². The van der Waals surface area contributed by atoms with Gasteiger partial charge >= 0.3 is 0 Å². The van der Waals surface area contributed by atoms with E-state index in [1.54, 1.807) is 11.3 Å². The molecule has 1 saturated carbocycles. The molecule has 0 amide bonds. The molecule has 6 heteroatoms. The molecule has 1 fully saturated rings. The van der Waals surface area contributed by atoms with Gasteiger partial charge in [0, 0.05) is 17.5 Å². The molecule has 19 heavy (non-hydrogen) atoms. The zero-order valence-electron chi connectivity index (χ0n) is 11.1. The van der Waals surface area contributed by atoms with Gasteiger partial charge in [0.15, 0.2) is 5.96 Å². The fourth-order valence-electron chi connectivity index (χ4n) is 2.18. The third-order valence-electron chi connectivity index (χ3n) is 3.06. The SMILES string of the molecule is CCNC(=NCc1ccc(Br)s1)NC1CCCC1.I. The Balaban J connectivity index is 0.00000180. The second-order valence-electron chi connectivity index (χ2n) is 4.53. The summed E-state index contributed by atoms with van der Waals surface area (Å²) in [5, 5.41) is 6.84. The number of hydrogen-bond donors (Lipinski definition) is 2. The summed E-state index contributed by atoms with van der Waals surface area (Å²) in [4.78, 5) is 5.93. The molecule has 3 nitrogen and oxygen atoms in total. The maximum atomic E-state index is 4.64. The first-order valence-electron chi connectivity index (χ1n) is 6.57. The molecule has 0 saturated heterocycles. The maximum Gasteiger partial charge on any atom is 0.191 e. The summed E-state index contributed by atoms with van der Waals surface area (Å²) in [6.45, 7) is 3.76. The largest absolute Gasteiger partial charge is 0.357 e. The van der Waals surface area contributed by atoms with E-state index in [1.165, 1.54) is 34.3 Å². The van der Waals surface area contributed by atoms with Crippen LogP contribution in [0.15, 0.2) is 20.9 Å². The van der Waals surface area contributed by atoms with Crippen LogP contribution in [0.2, 0.25) is 0 Å². The van der Waals surface area contributed by atoms with E-state index in [0.717, 1.165) is 19.0 Å². The summed E-state index contributed by atoms with van der Waals surface area (Å²) in [7, 11) is 0. The highest BCUT2D eigenvalue weighted by Gasteiger charge is 2.15. The van der Waals surface area contributed by atoms with Crippen molar-refractivity contribution in [3.8, 4) is 0 Å². The molecule has 0 unspecified atom stereocenters. The number of rotatable bonds is 4. The maximum absolute atomic E-state index is 4.64. The van der Waals surface area contributed by atoms with E-state index < -0.39 is 0 Å². The predicted molar refractivity (Wildman–Crippen MR) is 97.6 cm³/mol. The molecule has 0 radical (unpaired) electrons. The van der Waals surface area contributed by atoms with Crippen LogP contribution in [-0.2, 0) is 6.54 Å². The Morgan fingerprint density at radius 3 is 2.74 bits per heavy atom. The van der Waals surface area contributed by atoms with E-state index in [1.807, 2.05) is 0 Å². The molecule has 1 heterocycles. The number of aliphatic imine (C=N–C) groups is 1. The molecule has 2 rings (SSSR count). The summed E-state index contributed by atoms with van der Waals surface area (Å²) >= 11 is 5.22. The molecule has 1 aliphatic rings. The van der Waals surface area contributed by atoms with Gasteiger partial charge in [0.1, 0.15) is 0 Å². The lowest BCUT2D eigenvalue weighted by atomic mass is 10.2. The summed E-state index contributed by atoms with van der Waals surface area (Å²) in [5.74, 6) is 0.953. The molecule has 108 valence electrons. The van der Waals surface area contributed by atoms with Gasteiger partial charge in [-0.25, -0.2) is 4.99 Å². The highest BCUT2D eigenvalue weighted by molar-refractivity contribution is 14.0. The zero-order valence-corrected chi connectivity index (χ0v) is 15.8. The quantitative estimate of drug-likeness (QED) is 0.405. The van der Waals surface area contributed by atoms with Crippen LogP contribution in [0.3, 0.4) is 0 Å². The van der Waals surface area contributed by atoms with Gasteiger partial charge in [-0.1, -0.05) is 12.8 Å². The van der Waals surface area contributed by atoms with Crippen LogP contribution in [0.5, 0.6) is 0 Å². The first-order valence-corrected chi connectivity index (χ1v) is 8.18. The monoisotopic (exact) mass is 457 g/mol. The highest BCUT2D eigenvalue weighted by Crippen LogP contribution is 2.22. The van der Waals surface area contributed by atoms with Crippen molar-refractivity contribution in [2.24, 2.45) is 4.99 Å². The van der Waals surface area contributed by atoms with Crippen molar-refractivity contribution in [3.05, 3.63) is 20.8 Å². The van der Waals surface area contributed by atoms with Crippen LogP contribution in [0.25, 0.3) is 0 Å². The fraction of sp³-hybridized carbons (Fsp3) is 0.615. The van der Waals surface area contributed by atoms with Gasteiger partial charge in [-0.2, -0.15) is 0 Å². The van der Waals surface area contributed by atoms with Crippen LogP contribution in [-0.4, -0.2) is 18.5 Å². The van der Waals surface area contributed by atoms with Gasteiger partial charge in [-0.3, -0.25) is 0 Å². The van der Waals surface area contributed by atoms with Crippen LogP contribution in [0.4, 0.5) is 0 Å². The van der Waals surface area contributed by atoms with Gasteiger partial charge in [0.2, 0.25) is 0 Å². The number of halogens is 2. The molecule has 0 aliphatic heterocycles. The van der Waals surface area contributed by atoms with Crippen LogP contribution < -0.4 is 10.6 Å². The Hall–Kier alpha value is 0.180. The second-order valence-corrected chi connectivity index (χ2v) is 7.07. The van der Waals surface area contributed by atoms with E-state index >= 15 is 0 Å². The molecular weight excluding hydrogens is 437 g/mol. The minimum absolute atomic E-state index is 0. The van der Waals surface area contributed by atoms with E-state index in [9.17, 15) is 0 Å². The van der Waals surface area contributed by atoms with Crippen LogP contribution in [0.1, 0.15) is 37.5 Å². The first kappa shape index (κ1) is 17.2. The molecule has 0 atom stereocenters. The average molecular weight is 458 g/mol. The van der Waals surface area contributed by atoms with Crippen LogP contribution in [0, 0.1) is 0 Å². The lowest BCUT2D eigenvalue weighted by Crippen LogP contribution is -2.42. The lowest BCUT2D eigenvalue weighted by molar-refractivity contribution is 0.614. The van der Waals surface area contributed by atoms with Crippen molar-refractivity contribution in [2.45, 2.75) is 45.2 Å². The molecular formula is C13H21BrIN3S. The minimum Gasteiger partial charge on any atom is -0.357 e. The predicted octanol–water partition coefficient (Wildman–Crippen LogP) is 4.13. The summed E-state index contributed by atoms with van der Waals surface area (Å²) < 4.78 is 1.17. The number of nitrogens with zero attached hydrogens (tertiary/aromatic N) is 1. The van der Waals surface area contributed by atoms with Crippen molar-refractivity contribution < 1.29 is 0 Å². The van der Waals surface area contributed by atoms with E-state index in [0.29, 0.717) is 6.04 Å². The molecule has 1 aromatic rings. The second kappa shape index (κ2) is 9.18. The number of hydrogen-bond acceptors (Lipinski definition) is 2. The van der Waals surface area contributed by atoms with Gasteiger partial charge in [-0.05, 0) is 47.8 Å². The Kier molecular flexibility index (Phi) is 8.32. The normalized spacial score (nSPS) is 16.2. The number of nitrogens with one attached hydrogen (secondary N) is 2. The lowest BCUT2D eigenvalue weighted by Gasteiger charge is -2.16. The third-order valence-corrected chi connectivity index (χ3v) is 4.67. The smallest absolute Gasteiger partial charge is 0.191 e. The Bertz CT molecular complexity index is 402. The van der Waals surface area contributed by atoms with Gasteiger partial charge in [0.25, 0.3) is 0 Å². The van der Waals surface area contributed by atoms with Gasteiger partial charge in [-0.15, -0.1) is 35.3 Å². The van der Waals surface area contributed by atoms with Crippen molar-refractivity contribution in [2.75, 3.05) is 6.54 Å². The average Bonchev–Trinajstić information content (AvgIpc) is 2.98. The molecule has 0 spiro atoms. The summed E-state index contributed by atoms with van der Waals surface area (Å²) in [6.07, 6.45) is 5.23. The molecule has 1 aliphatic carbocycles. The van der Waals surface area contributed by atoms with Gasteiger partial charge < -0.3 is 10.6 Å². The van der Waals surface area contributed by atoms with Crippen LogP contribution >= 0.6 is 51.2 Å². The van der Waals surface area contributed by atoms with Crippen molar-refractivity contribution >= 4 is 57.2 Å². The summed E-state index contributed by atoms with van der Waals surface area (Å²) in [5.41, 5.74) is 0. The standard InChI is InChI=1S/C13H20BrN3S.HI/c1-2-15-13(17-10-5-3-4-6-10)16-9-11-7-8-12(14)18-11;/h7-8,10H,2-6,9H2,1H3,(H2,15,16,17);1H. The number of guanidine groups is 1. The van der Waals surface area contributed by atoms with Crippen molar-refractivity contribution in [1.82, 2.24) is 10.6 Å². The fourth-order valence-corrected chi connectivity index (χ4v) is 3.58. The topological polar surface area (TPSA) is 36.4 Å². The minimum atomic E-state index is 0. The first-order chi connectivity index (χ1) is 8.78. The molecule has 1 aromatic heterocycles. The third kappa shape index (κ3) is 5.99. The van der Waals surface area contributed by atoms with E-state index in [4.69, 9.17) is 0 Å². The zero-order chi connectivity index (χ0) is 12.8. The van der Waals surface area contributed by atoms with E-state index in [-0.39, 0.29) is 24.0 Å². The Morgan fingerprint density at radius 2 is 2.16 bits per heavy atom. The Morgan fingerprint density at radius 1 is 1.42 bits per heavy atom. The van der Waals surface area contributed by atoms with Crippen molar-refractivity contribution in [3.63, 3.8) is 0 Å². The number of thiophene rings is 1. The molecule has 0 aromatic carbocycles. The molecule has 0 bridgehead atoms. The summed E-state index contributed by atoms with van der Waals surface area (Å²) in [6, 6.07) is 4.81. The van der Waals surface area contributed by atoms with Gasteiger partial charge in [0.05, 0.1) is 10.3 Å². The highest BCUT2D eigenvalue weighted by atomic mass is 127.